The second-order valence-electron chi connectivity index (χ2n) is 9.35. The third-order valence-corrected chi connectivity index (χ3v) is 6.77. The molecule has 0 atom stereocenters. The van der Waals surface area contributed by atoms with E-state index in [-0.39, 0.29) is 5.76 Å². The second-order valence-corrected chi connectivity index (χ2v) is 9.35. The average Bonchev–Trinajstić information content (AvgIpc) is 2.93. The predicted octanol–water partition coefficient (Wildman–Crippen LogP) is 6.63. The third kappa shape index (κ3) is 7.41. The van der Waals surface area contributed by atoms with Gasteiger partial charge >= 0.3 is 0 Å². The van der Waals surface area contributed by atoms with Crippen molar-refractivity contribution >= 4 is 11.0 Å². The fourth-order valence-electron chi connectivity index (χ4n) is 4.66. The van der Waals surface area contributed by atoms with Crippen LogP contribution in [0.2, 0.25) is 0 Å². The van der Waals surface area contributed by atoms with Gasteiger partial charge in [0.15, 0.2) is 17.3 Å². The number of ether oxygens (including phenoxy) is 3. The van der Waals surface area contributed by atoms with Gasteiger partial charge in [-0.15, -0.1) is 0 Å². The van der Waals surface area contributed by atoms with Crippen LogP contribution in [-0.2, 0) is 6.42 Å². The largest absolute Gasteiger partial charge is 0.502 e. The number of unbranched alkanes of at least 4 members (excludes halogenated alkanes) is 9. The Labute approximate surface area is 219 Å². The van der Waals surface area contributed by atoms with Crippen LogP contribution in [0.25, 0.3) is 22.3 Å². The van der Waals surface area contributed by atoms with Crippen molar-refractivity contribution in [2.75, 3.05) is 27.9 Å². The fourth-order valence-corrected chi connectivity index (χ4v) is 4.66. The molecule has 2 aromatic carbocycles. The smallest absolute Gasteiger partial charge is 0.235 e. The molecular formula is C30H40O7. The summed E-state index contributed by atoms with van der Waals surface area (Å²) in [6.45, 7) is 0.300. The van der Waals surface area contributed by atoms with E-state index in [0.717, 1.165) is 37.7 Å². The summed E-state index contributed by atoms with van der Waals surface area (Å²) >= 11 is 0. The molecule has 7 heteroatoms. The maximum Gasteiger partial charge on any atom is 0.235 e. The highest BCUT2D eigenvalue weighted by atomic mass is 16.5. The number of aromatic hydroxyl groups is 1. The van der Waals surface area contributed by atoms with Crippen molar-refractivity contribution < 1.29 is 28.8 Å². The van der Waals surface area contributed by atoms with E-state index in [1.54, 1.807) is 44.6 Å². The Balaban J connectivity index is 1.67. The Morgan fingerprint density at radius 1 is 0.730 bits per heavy atom. The van der Waals surface area contributed by atoms with Crippen molar-refractivity contribution in [3.8, 4) is 34.3 Å². The lowest BCUT2D eigenvalue weighted by Gasteiger charge is -2.13. The zero-order valence-electron chi connectivity index (χ0n) is 22.3. The first-order valence-electron chi connectivity index (χ1n) is 13.2. The Morgan fingerprint density at radius 2 is 1.32 bits per heavy atom. The maximum absolute atomic E-state index is 13.1. The highest BCUT2D eigenvalue weighted by Crippen LogP contribution is 2.37. The zero-order valence-corrected chi connectivity index (χ0v) is 22.3. The molecule has 2 N–H and O–H groups in total. The summed E-state index contributed by atoms with van der Waals surface area (Å²) in [4.78, 5) is 13.1. The third-order valence-electron chi connectivity index (χ3n) is 6.77. The van der Waals surface area contributed by atoms with Crippen LogP contribution >= 0.6 is 0 Å². The van der Waals surface area contributed by atoms with Gasteiger partial charge in [-0.05, 0) is 49.1 Å². The van der Waals surface area contributed by atoms with Gasteiger partial charge in [0.1, 0.15) is 11.3 Å². The van der Waals surface area contributed by atoms with E-state index in [4.69, 9.17) is 23.7 Å². The lowest BCUT2D eigenvalue weighted by molar-refractivity contribution is 0.282. The van der Waals surface area contributed by atoms with E-state index < -0.39 is 11.2 Å². The predicted molar refractivity (Wildman–Crippen MR) is 146 cm³/mol. The summed E-state index contributed by atoms with van der Waals surface area (Å²) in [5.74, 6) is 1.30. The van der Waals surface area contributed by atoms with Crippen molar-refractivity contribution in [3.05, 3.63) is 46.1 Å². The van der Waals surface area contributed by atoms with E-state index in [1.807, 2.05) is 0 Å². The van der Waals surface area contributed by atoms with Gasteiger partial charge < -0.3 is 28.8 Å². The number of benzene rings is 2. The molecule has 0 unspecified atom stereocenters. The van der Waals surface area contributed by atoms with Gasteiger partial charge in [0.25, 0.3) is 0 Å². The van der Waals surface area contributed by atoms with Gasteiger partial charge in [-0.25, -0.2) is 0 Å². The molecule has 202 valence electrons. The number of methoxy groups -OCH3 is 3. The number of aliphatic hydroxyl groups excluding tert-OH is 1. The molecule has 7 nitrogen and oxygen atoms in total. The van der Waals surface area contributed by atoms with Crippen LogP contribution in [0.5, 0.6) is 23.0 Å². The molecule has 0 spiro atoms. The van der Waals surface area contributed by atoms with Gasteiger partial charge in [-0.3, -0.25) is 4.79 Å². The minimum atomic E-state index is -0.478. The Hall–Kier alpha value is -3.19. The fraction of sp³-hybridized carbons (Fsp3) is 0.500. The summed E-state index contributed by atoms with van der Waals surface area (Å²) in [5.41, 5.74) is 1.31. The van der Waals surface area contributed by atoms with Crippen LogP contribution in [0, 0.1) is 0 Å². The molecular weight excluding hydrogens is 472 g/mol. The number of aryl methyl sites for hydroxylation is 1. The summed E-state index contributed by atoms with van der Waals surface area (Å²) < 4.78 is 22.2. The molecule has 0 radical (unpaired) electrons. The first-order valence-corrected chi connectivity index (χ1v) is 13.2. The van der Waals surface area contributed by atoms with Gasteiger partial charge in [-0.1, -0.05) is 51.4 Å². The molecule has 0 aliphatic heterocycles. The number of hydrogen-bond donors (Lipinski definition) is 2. The minimum Gasteiger partial charge on any atom is -0.502 e. The van der Waals surface area contributed by atoms with Gasteiger partial charge in [0.05, 0.1) is 26.7 Å². The lowest BCUT2D eigenvalue weighted by atomic mass is 10.0. The molecule has 0 bridgehead atoms. The molecule has 0 fully saturated rings. The highest BCUT2D eigenvalue weighted by molar-refractivity contribution is 5.84. The molecule has 1 aromatic heterocycles. The molecule has 0 aliphatic rings. The monoisotopic (exact) mass is 512 g/mol. The van der Waals surface area contributed by atoms with Crippen LogP contribution in [-0.4, -0.2) is 38.1 Å². The lowest BCUT2D eigenvalue weighted by Crippen LogP contribution is -2.05. The summed E-state index contributed by atoms with van der Waals surface area (Å²) in [6.07, 6.45) is 12.3. The van der Waals surface area contributed by atoms with Crippen molar-refractivity contribution in [2.45, 2.75) is 70.6 Å². The number of aliphatic hydroxyl groups is 1. The van der Waals surface area contributed by atoms with Crippen LogP contribution in [0.15, 0.2) is 39.5 Å². The average molecular weight is 513 g/mol. The molecule has 0 saturated carbocycles. The standard InChI is InChI=1S/C30H40O7/c1-34-24-16-15-22(19-27(24)36-3)30-29(33)28(32)23-18-21(25(35-2)20-26(23)37-30)14-12-10-8-6-4-5-7-9-11-13-17-31/h15-16,18-20,31,33H,4-14,17H2,1-3H3. The van der Waals surface area contributed by atoms with E-state index in [9.17, 15) is 9.90 Å². The van der Waals surface area contributed by atoms with E-state index in [1.165, 1.54) is 45.6 Å². The van der Waals surface area contributed by atoms with Crippen LogP contribution in [0.1, 0.15) is 69.8 Å². The van der Waals surface area contributed by atoms with E-state index in [0.29, 0.717) is 40.4 Å². The molecule has 0 amide bonds. The first kappa shape index (κ1) is 28.4. The van der Waals surface area contributed by atoms with Crippen LogP contribution < -0.4 is 19.6 Å². The molecule has 3 aromatic rings. The van der Waals surface area contributed by atoms with Gasteiger partial charge in [-0.2, -0.15) is 0 Å². The summed E-state index contributed by atoms with van der Waals surface area (Å²) in [5, 5.41) is 19.9. The number of hydrogen-bond acceptors (Lipinski definition) is 7. The van der Waals surface area contributed by atoms with Crippen molar-refractivity contribution in [3.63, 3.8) is 0 Å². The Bertz CT molecular complexity index is 1200. The molecule has 0 saturated heterocycles. The normalized spacial score (nSPS) is 11.1. The molecule has 37 heavy (non-hydrogen) atoms. The van der Waals surface area contributed by atoms with Gasteiger partial charge in [0, 0.05) is 18.2 Å². The zero-order chi connectivity index (χ0) is 26.6. The number of rotatable bonds is 16. The highest BCUT2D eigenvalue weighted by Gasteiger charge is 2.19. The molecule has 3 rings (SSSR count). The Morgan fingerprint density at radius 3 is 1.92 bits per heavy atom. The van der Waals surface area contributed by atoms with Crippen molar-refractivity contribution in [2.24, 2.45) is 0 Å². The SMILES string of the molecule is COc1cc2oc(-c3ccc(OC)c(OC)c3)c(O)c(=O)c2cc1CCCCCCCCCCCCO. The second kappa shape index (κ2) is 14.5. The maximum atomic E-state index is 13.1. The molecule has 1 heterocycles. The van der Waals surface area contributed by atoms with Crippen LogP contribution in [0.4, 0.5) is 0 Å². The minimum absolute atomic E-state index is 0.0710. The van der Waals surface area contributed by atoms with Gasteiger partial charge in [0.2, 0.25) is 11.2 Å². The topological polar surface area (TPSA) is 98.4 Å². The summed E-state index contributed by atoms with van der Waals surface area (Å²) in [7, 11) is 4.67. The molecule has 0 aliphatic carbocycles. The van der Waals surface area contributed by atoms with Crippen molar-refractivity contribution in [1.29, 1.82) is 0 Å². The Kier molecular flexibility index (Phi) is 11.1. The van der Waals surface area contributed by atoms with E-state index in [2.05, 4.69) is 0 Å². The quantitative estimate of drug-likeness (QED) is 0.208. The van der Waals surface area contributed by atoms with Crippen molar-refractivity contribution in [1.82, 2.24) is 0 Å². The van der Waals surface area contributed by atoms with E-state index >= 15 is 0 Å². The first-order chi connectivity index (χ1) is 18.0. The number of fused-ring (bicyclic) bond motifs is 1. The summed E-state index contributed by atoms with van der Waals surface area (Å²) in [6, 6.07) is 8.57. The van der Waals surface area contributed by atoms with Crippen LogP contribution in [0.3, 0.4) is 0 Å².